The maximum atomic E-state index is 5.80. The summed E-state index contributed by atoms with van der Waals surface area (Å²) in [4.78, 5) is 4.41. The van der Waals surface area contributed by atoms with Crippen LogP contribution in [0.1, 0.15) is 47.5 Å². The van der Waals surface area contributed by atoms with Crippen molar-refractivity contribution in [3.05, 3.63) is 12.1 Å². The Hall–Kier alpha value is -1.45. The average Bonchev–Trinajstić information content (AvgIpc) is 3.02. The molecular formula is C15H23NO3. The van der Waals surface area contributed by atoms with E-state index in [0.29, 0.717) is 23.6 Å². The van der Waals surface area contributed by atoms with Gasteiger partial charge in [-0.25, -0.2) is 0 Å². The van der Waals surface area contributed by atoms with E-state index in [0.717, 1.165) is 12.8 Å². The Labute approximate surface area is 115 Å². The summed E-state index contributed by atoms with van der Waals surface area (Å²) in [6, 6.07) is 3.71. The number of pyridine rings is 1. The van der Waals surface area contributed by atoms with Crippen molar-refractivity contribution in [3.63, 3.8) is 0 Å². The highest BCUT2D eigenvalue weighted by Gasteiger charge is 2.26. The van der Waals surface area contributed by atoms with Gasteiger partial charge < -0.3 is 14.2 Å². The van der Waals surface area contributed by atoms with Crippen molar-refractivity contribution >= 4 is 0 Å². The molecule has 4 heteroatoms. The van der Waals surface area contributed by atoms with Gasteiger partial charge in [-0.15, -0.1) is 0 Å². The van der Waals surface area contributed by atoms with Crippen molar-refractivity contribution in [2.45, 2.75) is 65.3 Å². The molecule has 0 aromatic carbocycles. The molecule has 0 N–H and O–H groups in total. The Bertz CT molecular complexity index is 434. The van der Waals surface area contributed by atoms with E-state index < -0.39 is 0 Å². The molecule has 1 aromatic heterocycles. The van der Waals surface area contributed by atoms with E-state index in [4.69, 9.17) is 14.2 Å². The number of aromatic nitrogens is 1. The van der Waals surface area contributed by atoms with Crippen molar-refractivity contribution in [2.75, 3.05) is 0 Å². The molecule has 4 nitrogen and oxygen atoms in total. The highest BCUT2D eigenvalue weighted by Crippen LogP contribution is 2.34. The first-order valence-corrected chi connectivity index (χ1v) is 6.87. The molecule has 2 rings (SSSR count). The summed E-state index contributed by atoms with van der Waals surface area (Å²) < 4.78 is 17.3. The van der Waals surface area contributed by atoms with Gasteiger partial charge in [-0.3, -0.25) is 0 Å². The van der Waals surface area contributed by atoms with Crippen LogP contribution in [0.5, 0.6) is 17.5 Å². The SMILES string of the molecule is CC(C)Oc1nc(OC(C)(C)C)ccc1OC1CC1. The molecule has 0 amide bonds. The van der Waals surface area contributed by atoms with E-state index in [2.05, 4.69) is 4.98 Å². The molecule has 1 aromatic rings. The largest absolute Gasteiger partial charge is 0.485 e. The van der Waals surface area contributed by atoms with Gasteiger partial charge in [0.2, 0.25) is 5.88 Å². The van der Waals surface area contributed by atoms with Gasteiger partial charge >= 0.3 is 0 Å². The second-order valence-corrected chi connectivity index (χ2v) is 6.15. The minimum atomic E-state index is -0.277. The summed E-state index contributed by atoms with van der Waals surface area (Å²) in [7, 11) is 0. The van der Waals surface area contributed by atoms with Crippen LogP contribution in [0.3, 0.4) is 0 Å². The maximum Gasteiger partial charge on any atom is 0.260 e. The Morgan fingerprint density at radius 3 is 2.42 bits per heavy atom. The number of hydrogen-bond acceptors (Lipinski definition) is 4. The summed E-state index contributed by atoms with van der Waals surface area (Å²) in [5.74, 6) is 1.78. The zero-order chi connectivity index (χ0) is 14.0. The summed E-state index contributed by atoms with van der Waals surface area (Å²) in [6.07, 6.45) is 2.60. The van der Waals surface area contributed by atoms with Crippen LogP contribution in [0.2, 0.25) is 0 Å². The van der Waals surface area contributed by atoms with Gasteiger partial charge in [0.05, 0.1) is 12.2 Å². The molecule has 1 fully saturated rings. The third-order valence-corrected chi connectivity index (χ3v) is 2.38. The van der Waals surface area contributed by atoms with E-state index in [9.17, 15) is 0 Å². The topological polar surface area (TPSA) is 40.6 Å². The fourth-order valence-electron chi connectivity index (χ4n) is 1.54. The number of ether oxygens (including phenoxy) is 3. The van der Waals surface area contributed by atoms with Crippen LogP contribution in [0.4, 0.5) is 0 Å². The van der Waals surface area contributed by atoms with E-state index in [-0.39, 0.29) is 11.7 Å². The van der Waals surface area contributed by atoms with Crippen molar-refractivity contribution in [2.24, 2.45) is 0 Å². The molecule has 19 heavy (non-hydrogen) atoms. The summed E-state index contributed by atoms with van der Waals surface area (Å²) >= 11 is 0. The molecule has 1 saturated carbocycles. The molecule has 1 aliphatic carbocycles. The fourth-order valence-corrected chi connectivity index (χ4v) is 1.54. The van der Waals surface area contributed by atoms with Crippen LogP contribution in [-0.4, -0.2) is 22.8 Å². The van der Waals surface area contributed by atoms with E-state index in [1.165, 1.54) is 0 Å². The van der Waals surface area contributed by atoms with Crippen molar-refractivity contribution in [1.82, 2.24) is 4.98 Å². The van der Waals surface area contributed by atoms with Gasteiger partial charge in [0.25, 0.3) is 5.88 Å². The van der Waals surface area contributed by atoms with Crippen LogP contribution < -0.4 is 14.2 Å². The lowest BCUT2D eigenvalue weighted by atomic mass is 10.2. The third-order valence-electron chi connectivity index (χ3n) is 2.38. The summed E-state index contributed by atoms with van der Waals surface area (Å²) in [5, 5.41) is 0. The van der Waals surface area contributed by atoms with Crippen LogP contribution in [0.15, 0.2) is 12.1 Å². The van der Waals surface area contributed by atoms with Gasteiger partial charge in [-0.2, -0.15) is 4.98 Å². The van der Waals surface area contributed by atoms with Gasteiger partial charge in [-0.1, -0.05) is 0 Å². The first-order chi connectivity index (χ1) is 8.83. The molecule has 0 radical (unpaired) electrons. The Morgan fingerprint density at radius 1 is 1.21 bits per heavy atom. The normalized spacial score (nSPS) is 15.5. The van der Waals surface area contributed by atoms with Crippen LogP contribution >= 0.6 is 0 Å². The second kappa shape index (κ2) is 5.27. The Kier molecular flexibility index (Phi) is 3.88. The molecule has 106 valence electrons. The lowest BCUT2D eigenvalue weighted by Gasteiger charge is -2.21. The van der Waals surface area contributed by atoms with Gasteiger partial charge in [0.1, 0.15) is 5.60 Å². The average molecular weight is 265 g/mol. The Balaban J connectivity index is 2.18. The molecule has 0 atom stereocenters. The molecule has 0 bridgehead atoms. The molecular weight excluding hydrogens is 242 g/mol. The smallest absolute Gasteiger partial charge is 0.260 e. The summed E-state index contributed by atoms with van der Waals surface area (Å²) in [5.41, 5.74) is -0.277. The highest BCUT2D eigenvalue weighted by molar-refractivity contribution is 5.37. The minimum absolute atomic E-state index is 0.0546. The molecule has 1 aliphatic rings. The minimum Gasteiger partial charge on any atom is -0.485 e. The van der Waals surface area contributed by atoms with Crippen LogP contribution in [0.25, 0.3) is 0 Å². The molecule has 0 aliphatic heterocycles. The number of hydrogen-bond donors (Lipinski definition) is 0. The first-order valence-electron chi connectivity index (χ1n) is 6.87. The predicted molar refractivity (Wildman–Crippen MR) is 74.0 cm³/mol. The lowest BCUT2D eigenvalue weighted by molar-refractivity contribution is 0.120. The number of nitrogens with zero attached hydrogens (tertiary/aromatic N) is 1. The van der Waals surface area contributed by atoms with Gasteiger partial charge in [0, 0.05) is 6.07 Å². The second-order valence-electron chi connectivity index (χ2n) is 6.15. The first kappa shape index (κ1) is 14.0. The monoisotopic (exact) mass is 265 g/mol. The molecule has 1 heterocycles. The zero-order valence-corrected chi connectivity index (χ0v) is 12.4. The lowest BCUT2D eigenvalue weighted by Crippen LogP contribution is -2.23. The van der Waals surface area contributed by atoms with Crippen molar-refractivity contribution in [1.29, 1.82) is 0 Å². The maximum absolute atomic E-state index is 5.80. The van der Waals surface area contributed by atoms with E-state index in [1.807, 2.05) is 46.8 Å². The molecule has 0 spiro atoms. The fraction of sp³-hybridized carbons (Fsp3) is 0.667. The standard InChI is InChI=1S/C15H23NO3/c1-10(2)17-14-12(18-11-6-7-11)8-9-13(16-14)19-15(3,4)5/h8-11H,6-7H2,1-5H3. The van der Waals surface area contributed by atoms with E-state index in [1.54, 1.807) is 0 Å². The third kappa shape index (κ3) is 4.62. The Morgan fingerprint density at radius 2 is 1.89 bits per heavy atom. The van der Waals surface area contributed by atoms with Crippen molar-refractivity contribution in [3.8, 4) is 17.5 Å². The van der Waals surface area contributed by atoms with Gasteiger partial charge in [-0.05, 0) is 53.5 Å². The zero-order valence-electron chi connectivity index (χ0n) is 12.4. The molecule has 0 saturated heterocycles. The van der Waals surface area contributed by atoms with Crippen LogP contribution in [0, 0.1) is 0 Å². The number of rotatable bonds is 5. The van der Waals surface area contributed by atoms with Crippen molar-refractivity contribution < 1.29 is 14.2 Å². The highest BCUT2D eigenvalue weighted by atomic mass is 16.5. The summed E-state index contributed by atoms with van der Waals surface area (Å²) in [6.45, 7) is 9.92. The predicted octanol–water partition coefficient (Wildman–Crippen LogP) is 3.59. The quantitative estimate of drug-likeness (QED) is 0.815. The van der Waals surface area contributed by atoms with E-state index >= 15 is 0 Å². The molecule has 0 unspecified atom stereocenters. The van der Waals surface area contributed by atoms with Crippen LogP contribution in [-0.2, 0) is 0 Å². The van der Waals surface area contributed by atoms with Gasteiger partial charge in [0.15, 0.2) is 5.75 Å².